The molecule has 8 nitrogen and oxygen atoms in total. The highest BCUT2D eigenvalue weighted by atomic mass is 35.5. The molecule has 1 aliphatic rings. The number of carbonyl (C=O) groups excluding carboxylic acids is 2. The van der Waals surface area contributed by atoms with Crippen molar-refractivity contribution in [2.24, 2.45) is 0 Å². The number of halogens is 1. The third kappa shape index (κ3) is 4.08. The standard InChI is InChI=1S/C15H17ClN6O2/c16-11-3-1-4-13(7-11)22-9-12(8-15(22)24)18-14(23)5-2-6-21-10-17-19-20-21/h1,3-4,7,10,12H,2,5-6,8-9H2,(H,18,23)/t12-/m1/s1. The van der Waals surface area contributed by atoms with Crippen LogP contribution in [0.25, 0.3) is 0 Å². The molecule has 9 heteroatoms. The van der Waals surface area contributed by atoms with Crippen LogP contribution in [0.1, 0.15) is 19.3 Å². The minimum absolute atomic E-state index is 0.0174. The summed E-state index contributed by atoms with van der Waals surface area (Å²) >= 11 is 5.97. The number of hydrogen-bond acceptors (Lipinski definition) is 5. The van der Waals surface area contributed by atoms with Crippen molar-refractivity contribution >= 4 is 29.1 Å². The van der Waals surface area contributed by atoms with Crippen molar-refractivity contribution in [3.8, 4) is 0 Å². The van der Waals surface area contributed by atoms with Crippen molar-refractivity contribution in [1.29, 1.82) is 0 Å². The average molecular weight is 349 g/mol. The Labute approximate surface area is 143 Å². The number of benzene rings is 1. The van der Waals surface area contributed by atoms with E-state index in [9.17, 15) is 9.59 Å². The number of aromatic nitrogens is 4. The van der Waals surface area contributed by atoms with Crippen LogP contribution < -0.4 is 10.2 Å². The van der Waals surface area contributed by atoms with E-state index in [1.807, 2.05) is 6.07 Å². The Hall–Kier alpha value is -2.48. The van der Waals surface area contributed by atoms with Crippen molar-refractivity contribution in [1.82, 2.24) is 25.5 Å². The van der Waals surface area contributed by atoms with Crippen LogP contribution >= 0.6 is 11.6 Å². The Morgan fingerprint density at radius 3 is 3.04 bits per heavy atom. The summed E-state index contributed by atoms with van der Waals surface area (Å²) in [7, 11) is 0. The zero-order valence-electron chi connectivity index (χ0n) is 12.9. The van der Waals surface area contributed by atoms with E-state index >= 15 is 0 Å². The summed E-state index contributed by atoms with van der Waals surface area (Å²) in [6.45, 7) is 1.04. The maximum Gasteiger partial charge on any atom is 0.229 e. The summed E-state index contributed by atoms with van der Waals surface area (Å²) in [6.07, 6.45) is 2.80. The molecule has 0 bridgehead atoms. The number of nitrogens with one attached hydrogen (secondary N) is 1. The van der Waals surface area contributed by atoms with Gasteiger partial charge in [-0.05, 0) is 35.0 Å². The maximum atomic E-state index is 12.2. The third-order valence-corrected chi connectivity index (χ3v) is 4.03. The zero-order valence-corrected chi connectivity index (χ0v) is 13.7. The fourth-order valence-electron chi connectivity index (χ4n) is 2.68. The van der Waals surface area contributed by atoms with Crippen LogP contribution in [0, 0.1) is 0 Å². The van der Waals surface area contributed by atoms with Gasteiger partial charge in [0.05, 0.1) is 6.04 Å². The van der Waals surface area contributed by atoms with Crippen LogP contribution in [0.2, 0.25) is 5.02 Å². The van der Waals surface area contributed by atoms with E-state index in [0.717, 1.165) is 5.69 Å². The second-order valence-electron chi connectivity index (χ2n) is 5.63. The lowest BCUT2D eigenvalue weighted by molar-refractivity contribution is -0.121. The minimum atomic E-state index is -0.183. The van der Waals surface area contributed by atoms with Gasteiger partial charge >= 0.3 is 0 Å². The first-order chi connectivity index (χ1) is 11.6. The highest BCUT2D eigenvalue weighted by Crippen LogP contribution is 2.24. The third-order valence-electron chi connectivity index (χ3n) is 3.79. The second-order valence-corrected chi connectivity index (χ2v) is 6.07. The molecule has 1 N–H and O–H groups in total. The Bertz CT molecular complexity index is 721. The number of anilines is 1. The number of rotatable bonds is 6. The van der Waals surface area contributed by atoms with Crippen LogP contribution in [0.4, 0.5) is 5.69 Å². The smallest absolute Gasteiger partial charge is 0.229 e. The lowest BCUT2D eigenvalue weighted by atomic mass is 10.2. The predicted octanol–water partition coefficient (Wildman–Crippen LogP) is 1.03. The summed E-state index contributed by atoms with van der Waals surface area (Å²) in [5.74, 6) is -0.0925. The lowest BCUT2D eigenvalue weighted by Gasteiger charge is -2.17. The van der Waals surface area contributed by atoms with E-state index in [0.29, 0.717) is 37.4 Å². The molecule has 126 valence electrons. The molecule has 3 rings (SSSR count). The zero-order chi connectivity index (χ0) is 16.9. The summed E-state index contributed by atoms with van der Waals surface area (Å²) in [4.78, 5) is 25.8. The molecule has 1 fully saturated rings. The van der Waals surface area contributed by atoms with Gasteiger partial charge in [-0.25, -0.2) is 4.68 Å². The Morgan fingerprint density at radius 1 is 1.42 bits per heavy atom. The topological polar surface area (TPSA) is 93.0 Å². The Kier molecular flexibility index (Phi) is 5.05. The van der Waals surface area contributed by atoms with E-state index in [4.69, 9.17) is 11.6 Å². The van der Waals surface area contributed by atoms with Gasteiger partial charge in [-0.15, -0.1) is 5.10 Å². The SMILES string of the molecule is O=C(CCCn1cnnn1)N[C@@H]1CC(=O)N(c2cccc(Cl)c2)C1. The molecule has 24 heavy (non-hydrogen) atoms. The summed E-state index contributed by atoms with van der Waals surface area (Å²) in [5, 5.41) is 14.3. The first-order valence-electron chi connectivity index (χ1n) is 7.68. The highest BCUT2D eigenvalue weighted by Gasteiger charge is 2.31. The molecule has 2 heterocycles. The van der Waals surface area contributed by atoms with Gasteiger partial charge in [-0.2, -0.15) is 0 Å². The molecule has 2 amide bonds. The number of hydrogen-bond donors (Lipinski definition) is 1. The first kappa shape index (κ1) is 16.4. The largest absolute Gasteiger partial charge is 0.351 e. The second kappa shape index (κ2) is 7.39. The fourth-order valence-corrected chi connectivity index (χ4v) is 2.87. The van der Waals surface area contributed by atoms with Gasteiger partial charge in [0.1, 0.15) is 6.33 Å². The van der Waals surface area contributed by atoms with E-state index in [1.54, 1.807) is 27.8 Å². The molecule has 2 aromatic rings. The summed E-state index contributed by atoms with van der Waals surface area (Å²) < 4.78 is 1.58. The van der Waals surface area contributed by atoms with Gasteiger partial charge in [0, 0.05) is 36.6 Å². The molecule has 0 spiro atoms. The van der Waals surface area contributed by atoms with Crippen molar-refractivity contribution in [3.63, 3.8) is 0 Å². The number of nitrogens with zero attached hydrogens (tertiary/aromatic N) is 5. The number of aryl methyl sites for hydroxylation is 1. The van der Waals surface area contributed by atoms with Gasteiger partial charge in [0.25, 0.3) is 0 Å². The van der Waals surface area contributed by atoms with Gasteiger partial charge < -0.3 is 10.2 Å². The van der Waals surface area contributed by atoms with Gasteiger partial charge in [0.15, 0.2) is 0 Å². The van der Waals surface area contributed by atoms with E-state index < -0.39 is 0 Å². The summed E-state index contributed by atoms with van der Waals surface area (Å²) in [6, 6.07) is 6.96. The molecule has 1 aromatic carbocycles. The molecular formula is C15H17ClN6O2. The Balaban J connectivity index is 1.48. The van der Waals surface area contributed by atoms with Crippen LogP contribution in [-0.2, 0) is 16.1 Å². The molecular weight excluding hydrogens is 332 g/mol. The minimum Gasteiger partial charge on any atom is -0.351 e. The monoisotopic (exact) mass is 348 g/mol. The van der Waals surface area contributed by atoms with Crippen molar-refractivity contribution in [2.45, 2.75) is 31.8 Å². The predicted molar refractivity (Wildman–Crippen MR) is 87.4 cm³/mol. The Morgan fingerprint density at radius 2 is 2.29 bits per heavy atom. The van der Waals surface area contributed by atoms with Crippen LogP contribution in [0.3, 0.4) is 0 Å². The fraction of sp³-hybridized carbons (Fsp3) is 0.400. The molecule has 0 radical (unpaired) electrons. The summed E-state index contributed by atoms with van der Waals surface area (Å²) in [5.41, 5.74) is 0.753. The number of tetrazole rings is 1. The maximum absolute atomic E-state index is 12.2. The lowest BCUT2D eigenvalue weighted by Crippen LogP contribution is -2.37. The van der Waals surface area contributed by atoms with Gasteiger partial charge in [-0.3, -0.25) is 9.59 Å². The highest BCUT2D eigenvalue weighted by molar-refractivity contribution is 6.30. The number of carbonyl (C=O) groups is 2. The van der Waals surface area contributed by atoms with E-state index in [2.05, 4.69) is 20.8 Å². The molecule has 1 aliphatic heterocycles. The molecule has 0 unspecified atom stereocenters. The van der Waals surface area contributed by atoms with Crippen LogP contribution in [0.15, 0.2) is 30.6 Å². The van der Waals surface area contributed by atoms with Gasteiger partial charge in [0.2, 0.25) is 11.8 Å². The molecule has 0 saturated carbocycles. The quantitative estimate of drug-likeness (QED) is 0.841. The van der Waals surface area contributed by atoms with Gasteiger partial charge in [-0.1, -0.05) is 17.7 Å². The molecule has 1 saturated heterocycles. The van der Waals surface area contributed by atoms with Crippen molar-refractivity contribution < 1.29 is 9.59 Å². The van der Waals surface area contributed by atoms with Crippen molar-refractivity contribution in [2.75, 3.05) is 11.4 Å². The normalized spacial score (nSPS) is 17.3. The van der Waals surface area contributed by atoms with Crippen molar-refractivity contribution in [3.05, 3.63) is 35.6 Å². The molecule has 0 aliphatic carbocycles. The average Bonchev–Trinajstić information content (AvgIpc) is 3.17. The van der Waals surface area contributed by atoms with E-state index in [-0.39, 0.29) is 17.9 Å². The molecule has 1 aromatic heterocycles. The van der Waals surface area contributed by atoms with Crippen LogP contribution in [0.5, 0.6) is 0 Å². The first-order valence-corrected chi connectivity index (χ1v) is 8.05. The number of amides is 2. The molecule has 1 atom stereocenters. The van der Waals surface area contributed by atoms with E-state index in [1.165, 1.54) is 6.33 Å². The van der Waals surface area contributed by atoms with Crippen LogP contribution in [-0.4, -0.2) is 44.6 Å².